The Morgan fingerprint density at radius 1 is 0.511 bits per heavy atom. The van der Waals surface area contributed by atoms with Crippen LogP contribution >= 0.6 is 0 Å². The summed E-state index contributed by atoms with van der Waals surface area (Å²) < 4.78 is 13.1. The first-order chi connectivity index (χ1) is 23.1. The van der Waals surface area contributed by atoms with Crippen molar-refractivity contribution >= 4 is 0 Å². The van der Waals surface area contributed by atoms with E-state index in [1.54, 1.807) is 0 Å². The number of hydrogen-bond acceptors (Lipinski definition) is 3. The lowest BCUT2D eigenvalue weighted by molar-refractivity contribution is -0.180. The Kier molecular flexibility index (Phi) is 30.7. The molecule has 0 N–H and O–H groups in total. The first-order valence-electron chi connectivity index (χ1n) is 20.3. The zero-order valence-corrected chi connectivity index (χ0v) is 31.9. The molecule has 2 atom stereocenters. The first-order valence-corrected chi connectivity index (χ1v) is 20.3. The van der Waals surface area contributed by atoms with Gasteiger partial charge in [-0.15, -0.1) is 0 Å². The Morgan fingerprint density at radius 2 is 0.894 bits per heavy atom. The van der Waals surface area contributed by atoms with Crippen LogP contribution in [0, 0.1) is 0 Å². The summed E-state index contributed by atoms with van der Waals surface area (Å²) in [5.74, 6) is -0.346. The van der Waals surface area contributed by atoms with Crippen molar-refractivity contribution in [1.29, 1.82) is 0 Å². The summed E-state index contributed by atoms with van der Waals surface area (Å²) >= 11 is 0. The number of allylic oxidation sites excluding steroid dienone is 10. The molecule has 272 valence electrons. The number of unbranched alkanes of at least 4 members (excludes halogenated alkanes) is 16. The highest BCUT2D eigenvalue weighted by molar-refractivity contribution is 4.97. The molecule has 2 unspecified atom stereocenters. The van der Waals surface area contributed by atoms with E-state index in [9.17, 15) is 0 Å². The molecule has 0 radical (unpaired) electrons. The molecule has 0 aromatic rings. The lowest BCUT2D eigenvalue weighted by Crippen LogP contribution is -2.31. The van der Waals surface area contributed by atoms with Crippen molar-refractivity contribution in [3.8, 4) is 0 Å². The predicted molar refractivity (Wildman–Crippen MR) is 209 cm³/mol. The third-order valence-electron chi connectivity index (χ3n) is 9.27. The van der Waals surface area contributed by atoms with Crippen molar-refractivity contribution in [1.82, 2.24) is 4.90 Å². The Labute approximate surface area is 294 Å². The number of hydrogen-bond donors (Lipinski definition) is 0. The second-order valence-corrected chi connectivity index (χ2v) is 14.2. The van der Waals surface area contributed by atoms with Crippen LogP contribution in [0.1, 0.15) is 181 Å². The maximum absolute atomic E-state index is 6.66. The van der Waals surface area contributed by atoms with Crippen LogP contribution in [0.15, 0.2) is 60.8 Å². The molecule has 1 aliphatic heterocycles. The van der Waals surface area contributed by atoms with Gasteiger partial charge in [-0.2, -0.15) is 0 Å². The zero-order valence-electron chi connectivity index (χ0n) is 31.9. The van der Waals surface area contributed by atoms with Crippen molar-refractivity contribution in [3.05, 3.63) is 60.8 Å². The summed E-state index contributed by atoms with van der Waals surface area (Å²) in [6.07, 6.45) is 55.9. The summed E-state index contributed by atoms with van der Waals surface area (Å²) in [5.41, 5.74) is 0. The molecule has 3 heteroatoms. The predicted octanol–water partition coefficient (Wildman–Crippen LogP) is 13.6. The highest BCUT2D eigenvalue weighted by Gasteiger charge is 2.40. The Morgan fingerprint density at radius 3 is 1.36 bits per heavy atom. The van der Waals surface area contributed by atoms with Gasteiger partial charge in [0.05, 0.1) is 12.7 Å². The molecule has 0 aromatic heterocycles. The third-order valence-corrected chi connectivity index (χ3v) is 9.27. The first kappa shape index (κ1) is 43.6. The van der Waals surface area contributed by atoms with Gasteiger partial charge in [0.15, 0.2) is 5.79 Å². The molecule has 0 spiro atoms. The molecule has 1 aliphatic rings. The summed E-state index contributed by atoms with van der Waals surface area (Å²) in [6.45, 7) is 6.37. The fraction of sp³-hybridized carbons (Fsp3) is 0.773. The second kappa shape index (κ2) is 33.1. The van der Waals surface area contributed by atoms with Gasteiger partial charge in [-0.25, -0.2) is 0 Å². The molecule has 1 saturated heterocycles. The Hall–Kier alpha value is -1.42. The van der Waals surface area contributed by atoms with Crippen molar-refractivity contribution < 1.29 is 9.47 Å². The van der Waals surface area contributed by atoms with E-state index in [1.807, 2.05) is 0 Å². The molecule has 0 amide bonds. The molecule has 1 fully saturated rings. The average molecular weight is 654 g/mol. The second-order valence-electron chi connectivity index (χ2n) is 14.2. The van der Waals surface area contributed by atoms with Gasteiger partial charge in [-0.3, -0.25) is 0 Å². The minimum atomic E-state index is -0.346. The summed E-state index contributed by atoms with van der Waals surface area (Å²) in [5, 5.41) is 0. The summed E-state index contributed by atoms with van der Waals surface area (Å²) in [7, 11) is 4.29. The molecule has 0 bridgehead atoms. The van der Waals surface area contributed by atoms with Crippen LogP contribution in [0.25, 0.3) is 0 Å². The van der Waals surface area contributed by atoms with E-state index in [-0.39, 0.29) is 11.9 Å². The molecular formula is C44H79NO2. The molecule has 0 saturated carbocycles. The van der Waals surface area contributed by atoms with E-state index in [4.69, 9.17) is 9.47 Å². The molecule has 1 heterocycles. The maximum atomic E-state index is 6.66. The zero-order chi connectivity index (χ0) is 33.9. The van der Waals surface area contributed by atoms with Crippen molar-refractivity contribution in [2.45, 2.75) is 193 Å². The quantitative estimate of drug-likeness (QED) is 0.0520. The molecule has 0 aliphatic carbocycles. The summed E-state index contributed by atoms with van der Waals surface area (Å²) in [6, 6.07) is 0. The van der Waals surface area contributed by atoms with E-state index in [0.29, 0.717) is 0 Å². The van der Waals surface area contributed by atoms with E-state index in [1.165, 1.54) is 122 Å². The minimum Gasteiger partial charge on any atom is -0.347 e. The standard InChI is InChI=1S/C44H79NO2/c1-5-7-9-11-13-15-17-19-21-23-25-27-29-31-33-35-37-40-44(46-42-43(47-44)38-41-45(3)4)39-36-34-32-30-28-26-24-22-20-18-16-14-12-10-8-6-2/h15-18,21-24,28,30,43H,5-14,19-20,25-27,29,31-42H2,1-4H3/b17-15+,18-16-,23-21-,24-22-,30-28-. The third kappa shape index (κ3) is 28.2. The van der Waals surface area contributed by atoms with Crippen LogP contribution in [0.4, 0.5) is 0 Å². The highest BCUT2D eigenvalue weighted by Crippen LogP contribution is 2.35. The van der Waals surface area contributed by atoms with E-state index < -0.39 is 0 Å². The van der Waals surface area contributed by atoms with Gasteiger partial charge >= 0.3 is 0 Å². The van der Waals surface area contributed by atoms with Gasteiger partial charge in [-0.1, -0.05) is 139 Å². The lowest BCUT2D eigenvalue weighted by atomic mass is 9.99. The van der Waals surface area contributed by atoms with Crippen LogP contribution in [-0.4, -0.2) is 44.0 Å². The lowest BCUT2D eigenvalue weighted by Gasteiger charge is -2.28. The smallest absolute Gasteiger partial charge is 0.168 e. The van der Waals surface area contributed by atoms with Gasteiger partial charge in [0.25, 0.3) is 0 Å². The van der Waals surface area contributed by atoms with Gasteiger partial charge in [0.2, 0.25) is 0 Å². The van der Waals surface area contributed by atoms with Crippen LogP contribution in [0.3, 0.4) is 0 Å². The molecule has 0 aromatic carbocycles. The van der Waals surface area contributed by atoms with E-state index in [2.05, 4.69) is 93.6 Å². The van der Waals surface area contributed by atoms with Crippen molar-refractivity contribution in [2.75, 3.05) is 27.2 Å². The van der Waals surface area contributed by atoms with Gasteiger partial charge in [-0.05, 0) is 104 Å². The minimum absolute atomic E-state index is 0.245. The number of nitrogens with zero attached hydrogens (tertiary/aromatic N) is 1. The van der Waals surface area contributed by atoms with Crippen LogP contribution in [0.2, 0.25) is 0 Å². The van der Waals surface area contributed by atoms with Crippen LogP contribution in [0.5, 0.6) is 0 Å². The maximum Gasteiger partial charge on any atom is 0.168 e. The van der Waals surface area contributed by atoms with E-state index >= 15 is 0 Å². The molecule has 47 heavy (non-hydrogen) atoms. The molecule has 3 nitrogen and oxygen atoms in total. The van der Waals surface area contributed by atoms with Crippen molar-refractivity contribution in [2.24, 2.45) is 0 Å². The van der Waals surface area contributed by atoms with Gasteiger partial charge in [0, 0.05) is 19.4 Å². The largest absolute Gasteiger partial charge is 0.347 e. The van der Waals surface area contributed by atoms with Crippen molar-refractivity contribution in [3.63, 3.8) is 0 Å². The highest BCUT2D eigenvalue weighted by atomic mass is 16.7. The average Bonchev–Trinajstić information content (AvgIpc) is 3.48. The Bertz CT molecular complexity index is 810. The Balaban J connectivity index is 2.20. The van der Waals surface area contributed by atoms with Crippen LogP contribution in [-0.2, 0) is 9.47 Å². The fourth-order valence-electron chi connectivity index (χ4n) is 6.23. The number of ether oxygens (including phenoxy) is 2. The topological polar surface area (TPSA) is 21.7 Å². The van der Waals surface area contributed by atoms with Crippen LogP contribution < -0.4 is 0 Å². The van der Waals surface area contributed by atoms with Gasteiger partial charge in [0.1, 0.15) is 0 Å². The monoisotopic (exact) mass is 654 g/mol. The SMILES string of the molecule is CCCCCC/C=C\C/C=C\C/C=C\CCCCC1(CCCCCCCC/C=C\C/C=C/CCCCCC)OCC(CCN(C)C)O1. The normalized spacial score (nSPS) is 19.0. The number of rotatable bonds is 33. The van der Waals surface area contributed by atoms with Gasteiger partial charge < -0.3 is 14.4 Å². The summed E-state index contributed by atoms with van der Waals surface area (Å²) in [4.78, 5) is 2.25. The fourth-order valence-corrected chi connectivity index (χ4v) is 6.23. The van der Waals surface area contributed by atoms with E-state index in [0.717, 1.165) is 58.1 Å². The molecular weight excluding hydrogens is 574 g/mol. The molecule has 1 rings (SSSR count).